The van der Waals surface area contributed by atoms with Gasteiger partial charge in [-0.05, 0) is 126 Å². The van der Waals surface area contributed by atoms with Crippen LogP contribution in [0.1, 0.15) is 0 Å². The predicted octanol–water partition coefficient (Wildman–Crippen LogP) is 21.5. The highest BCUT2D eigenvalue weighted by Gasteiger charge is 2.26. The van der Waals surface area contributed by atoms with Crippen molar-refractivity contribution < 1.29 is 8.83 Å². The van der Waals surface area contributed by atoms with E-state index in [4.69, 9.17) is 8.83 Å². The Kier molecular flexibility index (Phi) is 9.91. The van der Waals surface area contributed by atoms with Crippen LogP contribution in [-0.4, -0.2) is 0 Å². The maximum absolute atomic E-state index is 7.08. The molecule has 14 aromatic carbocycles. The topological polar surface area (TPSA) is 32.8 Å². The third kappa shape index (κ3) is 6.87. The average Bonchev–Trinajstić information content (AvgIpc) is 4.27. The summed E-state index contributed by atoms with van der Waals surface area (Å²) in [6, 6.07) is 101. The van der Waals surface area contributed by atoms with Gasteiger partial charge in [-0.3, -0.25) is 0 Å². The van der Waals surface area contributed by atoms with Crippen LogP contribution in [0.15, 0.2) is 288 Å². The highest BCUT2D eigenvalue weighted by Crippen LogP contribution is 2.50. The zero-order chi connectivity index (χ0) is 51.3. The van der Waals surface area contributed by atoms with Crippen molar-refractivity contribution in [1.82, 2.24) is 0 Å². The summed E-state index contributed by atoms with van der Waals surface area (Å²) in [6.45, 7) is 0. The van der Waals surface area contributed by atoms with Gasteiger partial charge in [0.25, 0.3) is 0 Å². The maximum atomic E-state index is 7.08. The number of hydrogen-bond acceptors (Lipinski definition) is 4. The monoisotopic (exact) mass is 994 g/mol. The molecule has 4 heteroatoms. The van der Waals surface area contributed by atoms with Crippen LogP contribution < -0.4 is 9.80 Å². The van der Waals surface area contributed by atoms with Crippen molar-refractivity contribution in [3.8, 4) is 22.3 Å². The van der Waals surface area contributed by atoms with Crippen molar-refractivity contribution in [3.63, 3.8) is 0 Å². The summed E-state index contributed by atoms with van der Waals surface area (Å²) >= 11 is 0. The van der Waals surface area contributed by atoms with Gasteiger partial charge in [-0.15, -0.1) is 0 Å². The van der Waals surface area contributed by atoms with Gasteiger partial charge < -0.3 is 18.6 Å². The van der Waals surface area contributed by atoms with E-state index < -0.39 is 0 Å². The maximum Gasteiger partial charge on any atom is 0.160 e. The molecule has 78 heavy (non-hydrogen) atoms. The molecular weight excluding hydrogens is 949 g/mol. The molecule has 0 unspecified atom stereocenters. The quantitative estimate of drug-likeness (QED) is 0.152. The van der Waals surface area contributed by atoms with Crippen molar-refractivity contribution in [2.45, 2.75) is 0 Å². The summed E-state index contributed by atoms with van der Waals surface area (Å²) in [5.41, 5.74) is 14.3. The van der Waals surface area contributed by atoms with E-state index in [0.717, 1.165) is 122 Å². The summed E-state index contributed by atoms with van der Waals surface area (Å²) < 4.78 is 13.9. The zero-order valence-electron chi connectivity index (χ0n) is 42.3. The third-order valence-corrected chi connectivity index (χ3v) is 16.0. The van der Waals surface area contributed by atoms with Crippen molar-refractivity contribution >= 4 is 132 Å². The molecule has 2 heterocycles. The van der Waals surface area contributed by atoms with Crippen LogP contribution in [-0.2, 0) is 0 Å². The number of benzene rings is 14. The first-order valence-electron chi connectivity index (χ1n) is 26.6. The molecule has 0 aliphatic rings. The van der Waals surface area contributed by atoms with Crippen LogP contribution in [0, 0.1) is 0 Å². The summed E-state index contributed by atoms with van der Waals surface area (Å²) in [7, 11) is 0. The molecule has 0 atom stereocenters. The van der Waals surface area contributed by atoms with Crippen LogP contribution in [0.3, 0.4) is 0 Å². The van der Waals surface area contributed by atoms with E-state index in [0.29, 0.717) is 0 Å². The standard InChI is InChI=1S/C74H46N2O2/c1-3-17-47(18-4-1)48-31-37-54(38-32-48)75(66-45-52-21-9-12-26-59(52)73-71-58-25-11-8-20-50(58)36-44-68(71)78-74(66)73)55-39-33-51(34-40-55)56-41-42-64(61-28-14-13-27-60(56)61)76(53-22-5-2-6-23-53)65-46-69-72(63-30-16-15-29-62(63)65)70-57-24-10-7-19-49(57)35-43-67(70)77-69/h1-46H. The first kappa shape index (κ1) is 43.9. The number of nitrogens with zero attached hydrogens (tertiary/aromatic N) is 2. The highest BCUT2D eigenvalue weighted by atomic mass is 16.3. The Morgan fingerprint density at radius 1 is 0.231 bits per heavy atom. The van der Waals surface area contributed by atoms with Gasteiger partial charge in [0.1, 0.15) is 16.7 Å². The van der Waals surface area contributed by atoms with Crippen molar-refractivity contribution in [3.05, 3.63) is 279 Å². The molecule has 16 aromatic rings. The lowest BCUT2D eigenvalue weighted by molar-refractivity contribution is 0.669. The van der Waals surface area contributed by atoms with Crippen molar-refractivity contribution in [1.29, 1.82) is 0 Å². The van der Waals surface area contributed by atoms with Crippen LogP contribution in [0.5, 0.6) is 0 Å². The molecule has 16 rings (SSSR count). The van der Waals surface area contributed by atoms with Gasteiger partial charge in [-0.25, -0.2) is 0 Å². The summed E-state index contributed by atoms with van der Waals surface area (Å²) in [6.07, 6.45) is 0. The molecule has 0 radical (unpaired) electrons. The fourth-order valence-electron chi connectivity index (χ4n) is 12.5. The van der Waals surface area contributed by atoms with E-state index in [2.05, 4.69) is 289 Å². The Morgan fingerprint density at radius 2 is 0.692 bits per heavy atom. The van der Waals surface area contributed by atoms with E-state index in [-0.39, 0.29) is 0 Å². The fraction of sp³-hybridized carbons (Fsp3) is 0. The lowest BCUT2D eigenvalue weighted by atomic mass is 9.95. The smallest absolute Gasteiger partial charge is 0.160 e. The van der Waals surface area contributed by atoms with Gasteiger partial charge in [0, 0.05) is 55.4 Å². The number of fused-ring (bicyclic) bond motifs is 15. The van der Waals surface area contributed by atoms with E-state index in [1.165, 1.54) is 32.5 Å². The van der Waals surface area contributed by atoms with Crippen LogP contribution in [0.4, 0.5) is 34.1 Å². The summed E-state index contributed by atoms with van der Waals surface area (Å²) in [4.78, 5) is 4.77. The molecule has 0 spiro atoms. The van der Waals surface area contributed by atoms with E-state index in [1.807, 2.05) is 0 Å². The number of hydrogen-bond donors (Lipinski definition) is 0. The predicted molar refractivity (Wildman–Crippen MR) is 329 cm³/mol. The Bertz CT molecular complexity index is 5020. The Hall–Kier alpha value is -10.4. The molecule has 0 aliphatic heterocycles. The molecule has 0 N–H and O–H groups in total. The lowest BCUT2D eigenvalue weighted by Crippen LogP contribution is -2.11. The molecule has 0 aliphatic carbocycles. The lowest BCUT2D eigenvalue weighted by Gasteiger charge is -2.29. The Balaban J connectivity index is 0.865. The molecule has 0 amide bonds. The molecule has 4 nitrogen and oxygen atoms in total. The average molecular weight is 995 g/mol. The summed E-state index contributed by atoms with van der Waals surface area (Å²) in [5.74, 6) is 0. The minimum atomic E-state index is 0.849. The second kappa shape index (κ2) is 17.6. The molecule has 0 bridgehead atoms. The van der Waals surface area contributed by atoms with Gasteiger partial charge in [0.05, 0.1) is 17.1 Å². The van der Waals surface area contributed by atoms with Crippen LogP contribution in [0.2, 0.25) is 0 Å². The molecule has 364 valence electrons. The molecule has 0 saturated carbocycles. The number of rotatable bonds is 8. The normalized spacial score (nSPS) is 11.8. The second-order valence-electron chi connectivity index (χ2n) is 20.3. The van der Waals surface area contributed by atoms with E-state index >= 15 is 0 Å². The first-order valence-corrected chi connectivity index (χ1v) is 26.6. The van der Waals surface area contributed by atoms with Gasteiger partial charge >= 0.3 is 0 Å². The number of furan rings is 2. The molecular formula is C74H46N2O2. The summed E-state index contributed by atoms with van der Waals surface area (Å²) in [5, 5.41) is 16.2. The first-order chi connectivity index (χ1) is 38.7. The van der Waals surface area contributed by atoms with Crippen molar-refractivity contribution in [2.24, 2.45) is 0 Å². The van der Waals surface area contributed by atoms with Gasteiger partial charge in [-0.2, -0.15) is 0 Å². The minimum Gasteiger partial charge on any atom is -0.456 e. The minimum absolute atomic E-state index is 0.849. The van der Waals surface area contributed by atoms with Crippen LogP contribution in [0.25, 0.3) is 120 Å². The molecule has 2 aromatic heterocycles. The SMILES string of the molecule is c1ccc(-c2ccc(N(c3ccc(-c4ccc(N(c5ccccc5)c5cc6oc7ccc8ccccc8c7c6c6ccccc56)c5ccccc45)cc3)c3cc4ccccc4c4c3oc3ccc5ccccc5c34)cc2)cc1. The number of anilines is 6. The number of para-hydroxylation sites is 1. The van der Waals surface area contributed by atoms with Crippen LogP contribution >= 0.6 is 0 Å². The largest absolute Gasteiger partial charge is 0.456 e. The Labute approximate surface area is 449 Å². The fourth-order valence-corrected chi connectivity index (χ4v) is 12.5. The van der Waals surface area contributed by atoms with E-state index in [9.17, 15) is 0 Å². The third-order valence-electron chi connectivity index (χ3n) is 16.0. The highest BCUT2D eigenvalue weighted by molar-refractivity contribution is 6.30. The van der Waals surface area contributed by atoms with Crippen molar-refractivity contribution in [2.75, 3.05) is 9.80 Å². The van der Waals surface area contributed by atoms with E-state index in [1.54, 1.807) is 0 Å². The second-order valence-corrected chi connectivity index (χ2v) is 20.3. The zero-order valence-corrected chi connectivity index (χ0v) is 42.3. The van der Waals surface area contributed by atoms with Gasteiger partial charge in [0.2, 0.25) is 0 Å². The Morgan fingerprint density at radius 3 is 1.35 bits per heavy atom. The van der Waals surface area contributed by atoms with Gasteiger partial charge in [0.15, 0.2) is 5.58 Å². The van der Waals surface area contributed by atoms with Gasteiger partial charge in [-0.1, -0.05) is 212 Å². The molecule has 0 saturated heterocycles. The molecule has 0 fully saturated rings.